The number of aromatic nitrogens is 1. The standard InChI is InChI=1S/C18H17FN2/c1-12(2)20-17-11-14-5-3-4-6-16(14)21-18(17)13-7-9-15(19)10-8-13/h3-12,20H,1-2H3. The maximum Gasteiger partial charge on any atom is 0.123 e. The van der Waals surface area contributed by atoms with Crippen molar-refractivity contribution in [3.8, 4) is 11.3 Å². The van der Waals surface area contributed by atoms with E-state index < -0.39 is 0 Å². The molecule has 0 amide bonds. The Hall–Kier alpha value is -2.42. The van der Waals surface area contributed by atoms with E-state index in [0.29, 0.717) is 6.04 Å². The first-order valence-corrected chi connectivity index (χ1v) is 7.06. The highest BCUT2D eigenvalue weighted by Gasteiger charge is 2.10. The van der Waals surface area contributed by atoms with Crippen molar-refractivity contribution in [1.29, 1.82) is 0 Å². The van der Waals surface area contributed by atoms with Crippen LogP contribution in [0.4, 0.5) is 10.1 Å². The predicted molar refractivity (Wildman–Crippen MR) is 85.9 cm³/mol. The summed E-state index contributed by atoms with van der Waals surface area (Å²) >= 11 is 0. The molecule has 0 saturated heterocycles. The number of anilines is 1. The van der Waals surface area contributed by atoms with Crippen LogP contribution in [0.2, 0.25) is 0 Å². The molecule has 0 radical (unpaired) electrons. The van der Waals surface area contributed by atoms with E-state index in [1.807, 2.05) is 24.3 Å². The second kappa shape index (κ2) is 5.52. The normalized spacial score (nSPS) is 11.0. The molecule has 3 heteroatoms. The van der Waals surface area contributed by atoms with Gasteiger partial charge in [0.2, 0.25) is 0 Å². The van der Waals surface area contributed by atoms with E-state index in [9.17, 15) is 4.39 Å². The molecule has 0 saturated carbocycles. The van der Waals surface area contributed by atoms with Gasteiger partial charge >= 0.3 is 0 Å². The topological polar surface area (TPSA) is 24.9 Å². The Morgan fingerprint density at radius 2 is 1.71 bits per heavy atom. The molecule has 1 N–H and O–H groups in total. The fourth-order valence-electron chi connectivity index (χ4n) is 2.36. The van der Waals surface area contributed by atoms with E-state index >= 15 is 0 Å². The number of halogens is 1. The minimum Gasteiger partial charge on any atom is -0.381 e. The first-order valence-electron chi connectivity index (χ1n) is 7.06. The van der Waals surface area contributed by atoms with Crippen LogP contribution >= 0.6 is 0 Å². The van der Waals surface area contributed by atoms with Gasteiger partial charge in [0.25, 0.3) is 0 Å². The minimum atomic E-state index is -0.238. The Morgan fingerprint density at radius 3 is 2.43 bits per heavy atom. The summed E-state index contributed by atoms with van der Waals surface area (Å²) in [6.07, 6.45) is 0. The molecule has 0 aliphatic heterocycles. The number of fused-ring (bicyclic) bond motifs is 1. The molecule has 0 unspecified atom stereocenters. The number of para-hydroxylation sites is 1. The van der Waals surface area contributed by atoms with Crippen molar-refractivity contribution in [1.82, 2.24) is 4.98 Å². The highest BCUT2D eigenvalue weighted by molar-refractivity contribution is 5.88. The number of pyridine rings is 1. The van der Waals surface area contributed by atoms with Crippen LogP contribution < -0.4 is 5.32 Å². The van der Waals surface area contributed by atoms with Crippen molar-refractivity contribution in [3.05, 3.63) is 60.4 Å². The largest absolute Gasteiger partial charge is 0.381 e. The van der Waals surface area contributed by atoms with Crippen LogP contribution in [0, 0.1) is 5.82 Å². The quantitative estimate of drug-likeness (QED) is 0.741. The molecule has 1 aromatic heterocycles. The third-order valence-corrected chi connectivity index (χ3v) is 3.29. The van der Waals surface area contributed by atoms with Gasteiger partial charge in [0, 0.05) is 17.0 Å². The smallest absolute Gasteiger partial charge is 0.123 e. The van der Waals surface area contributed by atoms with Crippen molar-refractivity contribution in [2.75, 3.05) is 5.32 Å². The Morgan fingerprint density at radius 1 is 1.00 bits per heavy atom. The molecule has 3 rings (SSSR count). The van der Waals surface area contributed by atoms with Gasteiger partial charge in [-0.25, -0.2) is 9.37 Å². The summed E-state index contributed by atoms with van der Waals surface area (Å²) in [5.41, 5.74) is 3.66. The summed E-state index contributed by atoms with van der Waals surface area (Å²) < 4.78 is 13.1. The van der Waals surface area contributed by atoms with Crippen molar-refractivity contribution >= 4 is 16.6 Å². The average Bonchev–Trinajstić information content (AvgIpc) is 2.47. The number of hydrogen-bond acceptors (Lipinski definition) is 2. The van der Waals surface area contributed by atoms with E-state index in [1.165, 1.54) is 12.1 Å². The molecule has 0 aliphatic rings. The van der Waals surface area contributed by atoms with Gasteiger partial charge in [0.05, 0.1) is 16.9 Å². The number of nitrogens with one attached hydrogen (secondary N) is 1. The van der Waals surface area contributed by atoms with Crippen LogP contribution in [0.5, 0.6) is 0 Å². The fraction of sp³-hybridized carbons (Fsp3) is 0.167. The van der Waals surface area contributed by atoms with E-state index in [2.05, 4.69) is 25.2 Å². The van der Waals surface area contributed by atoms with Gasteiger partial charge in [0.1, 0.15) is 5.82 Å². The SMILES string of the molecule is CC(C)Nc1cc2ccccc2nc1-c1ccc(F)cc1. The van der Waals surface area contributed by atoms with Crippen molar-refractivity contribution in [2.45, 2.75) is 19.9 Å². The second-order valence-electron chi connectivity index (χ2n) is 5.38. The monoisotopic (exact) mass is 280 g/mol. The molecule has 0 bridgehead atoms. The third kappa shape index (κ3) is 2.87. The molecule has 106 valence electrons. The van der Waals surface area contributed by atoms with Crippen molar-refractivity contribution < 1.29 is 4.39 Å². The van der Waals surface area contributed by atoms with Crippen molar-refractivity contribution in [3.63, 3.8) is 0 Å². The number of benzene rings is 2. The van der Waals surface area contributed by atoms with Gasteiger partial charge in [-0.2, -0.15) is 0 Å². The number of nitrogens with zero attached hydrogens (tertiary/aromatic N) is 1. The summed E-state index contributed by atoms with van der Waals surface area (Å²) in [6.45, 7) is 4.17. The Bertz CT molecular complexity index is 764. The van der Waals surface area contributed by atoms with E-state index in [1.54, 1.807) is 12.1 Å². The summed E-state index contributed by atoms with van der Waals surface area (Å²) in [5.74, 6) is -0.238. The summed E-state index contributed by atoms with van der Waals surface area (Å²) in [6, 6.07) is 16.9. The molecular formula is C18H17FN2. The van der Waals surface area contributed by atoms with Gasteiger partial charge in [-0.05, 0) is 50.2 Å². The zero-order chi connectivity index (χ0) is 14.8. The first-order chi connectivity index (χ1) is 10.1. The molecular weight excluding hydrogens is 263 g/mol. The average molecular weight is 280 g/mol. The van der Waals surface area contributed by atoms with Crippen LogP contribution in [0.3, 0.4) is 0 Å². The highest BCUT2D eigenvalue weighted by atomic mass is 19.1. The van der Waals surface area contributed by atoms with Gasteiger partial charge in [0.15, 0.2) is 0 Å². The van der Waals surface area contributed by atoms with Crippen molar-refractivity contribution in [2.24, 2.45) is 0 Å². The maximum absolute atomic E-state index is 13.1. The maximum atomic E-state index is 13.1. The molecule has 0 aliphatic carbocycles. The Balaban J connectivity index is 2.20. The minimum absolute atomic E-state index is 0.238. The highest BCUT2D eigenvalue weighted by Crippen LogP contribution is 2.30. The molecule has 2 aromatic carbocycles. The summed E-state index contributed by atoms with van der Waals surface area (Å²) in [5, 5.41) is 4.51. The fourth-order valence-corrected chi connectivity index (χ4v) is 2.36. The summed E-state index contributed by atoms with van der Waals surface area (Å²) in [7, 11) is 0. The van der Waals surface area contributed by atoms with Gasteiger partial charge in [-0.15, -0.1) is 0 Å². The summed E-state index contributed by atoms with van der Waals surface area (Å²) in [4.78, 5) is 4.74. The van der Waals surface area contributed by atoms with Gasteiger partial charge in [-0.3, -0.25) is 0 Å². The zero-order valence-corrected chi connectivity index (χ0v) is 12.1. The van der Waals surface area contributed by atoms with Crippen LogP contribution in [0.25, 0.3) is 22.2 Å². The molecule has 2 nitrogen and oxygen atoms in total. The lowest BCUT2D eigenvalue weighted by Crippen LogP contribution is -2.11. The van der Waals surface area contributed by atoms with Gasteiger partial charge in [-0.1, -0.05) is 18.2 Å². The molecule has 1 heterocycles. The lowest BCUT2D eigenvalue weighted by molar-refractivity contribution is 0.628. The number of rotatable bonds is 3. The van der Waals surface area contributed by atoms with E-state index in [4.69, 9.17) is 4.98 Å². The molecule has 0 fully saturated rings. The lowest BCUT2D eigenvalue weighted by atomic mass is 10.1. The molecule has 0 atom stereocenters. The van der Waals surface area contributed by atoms with Crippen LogP contribution in [0.15, 0.2) is 54.6 Å². The predicted octanol–water partition coefficient (Wildman–Crippen LogP) is 4.86. The van der Waals surface area contributed by atoms with Gasteiger partial charge < -0.3 is 5.32 Å². The second-order valence-corrected chi connectivity index (χ2v) is 5.38. The Labute approximate surface area is 123 Å². The molecule has 21 heavy (non-hydrogen) atoms. The van der Waals surface area contributed by atoms with E-state index in [-0.39, 0.29) is 5.82 Å². The third-order valence-electron chi connectivity index (χ3n) is 3.29. The Kier molecular flexibility index (Phi) is 3.57. The van der Waals surface area contributed by atoms with E-state index in [0.717, 1.165) is 27.8 Å². The molecule has 0 spiro atoms. The number of hydrogen-bond donors (Lipinski definition) is 1. The van der Waals surface area contributed by atoms with Crippen LogP contribution in [-0.2, 0) is 0 Å². The van der Waals surface area contributed by atoms with Crippen LogP contribution in [-0.4, -0.2) is 11.0 Å². The molecule has 3 aromatic rings. The zero-order valence-electron chi connectivity index (χ0n) is 12.1. The van der Waals surface area contributed by atoms with Crippen LogP contribution in [0.1, 0.15) is 13.8 Å². The lowest BCUT2D eigenvalue weighted by Gasteiger charge is -2.15. The first kappa shape index (κ1) is 13.6.